The van der Waals surface area contributed by atoms with Gasteiger partial charge in [-0.1, -0.05) is 46.9 Å². The molecule has 1 atom stereocenters. The zero-order valence-corrected chi connectivity index (χ0v) is 20.3. The van der Waals surface area contributed by atoms with Crippen LogP contribution in [0.25, 0.3) is 16.9 Å². The number of rotatable bonds is 8. The molecule has 0 aliphatic heterocycles. The lowest BCUT2D eigenvalue weighted by molar-refractivity contribution is 0.189. The van der Waals surface area contributed by atoms with E-state index < -0.39 is 13.5 Å². The Morgan fingerprint density at radius 2 is 1.61 bits per heavy atom. The van der Waals surface area contributed by atoms with Crippen LogP contribution in [-0.4, -0.2) is 23.0 Å². The van der Waals surface area contributed by atoms with Crippen molar-refractivity contribution in [2.45, 2.75) is 26.7 Å². The number of alkyl halides is 1. The topological polar surface area (TPSA) is 53.4 Å². The summed E-state index contributed by atoms with van der Waals surface area (Å²) in [6, 6.07) is 11.9. The molecule has 0 fully saturated rings. The fraction of sp³-hybridized carbons (Fsp3) is 0.286. The van der Waals surface area contributed by atoms with E-state index in [1.54, 1.807) is 63.2 Å². The number of aromatic nitrogens is 2. The van der Waals surface area contributed by atoms with Gasteiger partial charge >= 0.3 is 7.60 Å². The van der Waals surface area contributed by atoms with Crippen LogP contribution >= 0.6 is 42.4 Å². The summed E-state index contributed by atoms with van der Waals surface area (Å²) in [6.45, 7) is 5.00. The predicted molar refractivity (Wildman–Crippen MR) is 123 cm³/mol. The first kappa shape index (κ1) is 24.2. The summed E-state index contributed by atoms with van der Waals surface area (Å²) in [5.41, 5.74) is 2.20. The average Bonchev–Trinajstić information content (AvgIpc) is 3.05. The molecule has 31 heavy (non-hydrogen) atoms. The van der Waals surface area contributed by atoms with Crippen molar-refractivity contribution in [1.29, 1.82) is 0 Å². The van der Waals surface area contributed by atoms with Crippen LogP contribution in [0.5, 0.6) is 0 Å². The minimum atomic E-state index is -4.09. The average molecular weight is 506 g/mol. The third-order valence-electron chi connectivity index (χ3n) is 4.54. The van der Waals surface area contributed by atoms with Crippen molar-refractivity contribution in [3.05, 3.63) is 68.8 Å². The normalized spacial score (nSPS) is 12.9. The molecule has 0 N–H and O–H groups in total. The van der Waals surface area contributed by atoms with Gasteiger partial charge in [-0.15, -0.1) is 0 Å². The highest BCUT2D eigenvalue weighted by atomic mass is 35.5. The van der Waals surface area contributed by atoms with Gasteiger partial charge in [-0.2, -0.15) is 5.10 Å². The first-order chi connectivity index (χ1) is 14.7. The predicted octanol–water partition coefficient (Wildman–Crippen LogP) is 8.04. The van der Waals surface area contributed by atoms with Gasteiger partial charge in [-0.3, -0.25) is 4.57 Å². The number of hydrogen-bond donors (Lipinski definition) is 0. The van der Waals surface area contributed by atoms with Crippen molar-refractivity contribution in [3.63, 3.8) is 0 Å². The summed E-state index contributed by atoms with van der Waals surface area (Å²) < 4.78 is 40.6. The molecule has 0 amide bonds. The van der Waals surface area contributed by atoms with Crippen LogP contribution < -0.4 is 0 Å². The van der Waals surface area contributed by atoms with Crippen LogP contribution in [0.1, 0.15) is 31.0 Å². The molecule has 0 aliphatic rings. The lowest BCUT2D eigenvalue weighted by Gasteiger charge is -2.19. The van der Waals surface area contributed by atoms with Gasteiger partial charge < -0.3 is 9.05 Å². The molecule has 3 rings (SSSR count). The molecule has 0 radical (unpaired) electrons. The Kier molecular flexibility index (Phi) is 7.85. The Labute approximate surface area is 195 Å². The lowest BCUT2D eigenvalue weighted by Crippen LogP contribution is -2.05. The molecule has 0 spiro atoms. The van der Waals surface area contributed by atoms with Crippen LogP contribution in [0.2, 0.25) is 15.1 Å². The molecule has 1 unspecified atom stereocenters. The van der Waals surface area contributed by atoms with Crippen molar-refractivity contribution < 1.29 is 18.0 Å². The van der Waals surface area contributed by atoms with E-state index in [1.807, 2.05) is 0 Å². The largest absolute Gasteiger partial charge is 0.370 e. The molecular formula is C21H21Cl3FN2O3P. The second-order valence-corrected chi connectivity index (χ2v) is 9.91. The molecule has 0 saturated heterocycles. The molecular weight excluding hydrogens is 485 g/mol. The summed E-state index contributed by atoms with van der Waals surface area (Å²) in [6.07, 6.45) is 0. The molecule has 0 aliphatic carbocycles. The monoisotopic (exact) mass is 504 g/mol. The van der Waals surface area contributed by atoms with Crippen LogP contribution in [0.4, 0.5) is 4.39 Å². The molecule has 2 aromatic carbocycles. The summed E-state index contributed by atoms with van der Waals surface area (Å²) in [5, 5.41) is 5.78. The zero-order valence-electron chi connectivity index (χ0n) is 17.1. The molecule has 1 heterocycles. The van der Waals surface area contributed by atoms with E-state index in [9.17, 15) is 4.57 Å². The highest BCUT2D eigenvalue weighted by Gasteiger charge is 2.41. The maximum atomic E-state index is 15.6. The van der Waals surface area contributed by atoms with Gasteiger partial charge in [0.25, 0.3) is 0 Å². The molecule has 3 aromatic rings. The third-order valence-corrected chi connectivity index (χ3v) is 7.36. The molecule has 166 valence electrons. The first-order valence-corrected chi connectivity index (χ1v) is 12.3. The Bertz CT molecular complexity index is 1110. The van der Waals surface area contributed by atoms with E-state index in [2.05, 4.69) is 5.10 Å². The van der Waals surface area contributed by atoms with Crippen LogP contribution in [0, 0.1) is 6.92 Å². The van der Waals surface area contributed by atoms with E-state index in [0.717, 1.165) is 5.56 Å². The Hall–Kier alpha value is -1.40. The zero-order chi connectivity index (χ0) is 22.8. The molecule has 1 aromatic heterocycles. The molecule has 0 bridgehead atoms. The number of benzene rings is 2. The molecule has 10 heteroatoms. The third kappa shape index (κ3) is 5.00. The quantitative estimate of drug-likeness (QED) is 0.291. The number of hydrogen-bond acceptors (Lipinski definition) is 4. The fourth-order valence-electron chi connectivity index (χ4n) is 3.19. The standard InChI is InChI=1S/C21H21Cl3FN2O3P/c1-4-29-31(28,30-5-2)21(25)19-13(3)20(14-6-8-15(22)9-7-14)27(26-19)18-11-10-16(23)12-17(18)24/h6-12,21H,4-5H2,1-3H3. The van der Waals surface area contributed by atoms with Crippen molar-refractivity contribution >= 4 is 42.4 Å². The Morgan fingerprint density at radius 1 is 1.03 bits per heavy atom. The highest BCUT2D eigenvalue weighted by molar-refractivity contribution is 7.54. The van der Waals surface area contributed by atoms with Gasteiger partial charge in [-0.05, 0) is 51.1 Å². The second-order valence-electron chi connectivity index (χ2n) is 6.58. The van der Waals surface area contributed by atoms with E-state index in [1.165, 1.54) is 4.68 Å². The van der Waals surface area contributed by atoms with Gasteiger partial charge in [-0.25, -0.2) is 9.07 Å². The first-order valence-electron chi connectivity index (χ1n) is 9.55. The SMILES string of the molecule is CCOP(=O)(OCC)C(F)c1nn(-c2ccc(Cl)cc2Cl)c(-c2ccc(Cl)cc2)c1C. The summed E-state index contributed by atoms with van der Waals surface area (Å²) in [7, 11) is -4.09. The van der Waals surface area contributed by atoms with Gasteiger partial charge in [0.1, 0.15) is 5.69 Å². The van der Waals surface area contributed by atoms with E-state index in [4.69, 9.17) is 43.9 Å². The van der Waals surface area contributed by atoms with E-state index in [-0.39, 0.29) is 18.9 Å². The fourth-order valence-corrected chi connectivity index (χ4v) is 5.41. The van der Waals surface area contributed by atoms with Crippen molar-refractivity contribution in [3.8, 4) is 16.9 Å². The lowest BCUT2D eigenvalue weighted by atomic mass is 10.1. The van der Waals surface area contributed by atoms with Crippen molar-refractivity contribution in [2.75, 3.05) is 13.2 Å². The maximum Gasteiger partial charge on any atom is 0.370 e. The summed E-state index contributed by atoms with van der Waals surface area (Å²) >= 11 is 18.5. The molecule has 5 nitrogen and oxygen atoms in total. The minimum absolute atomic E-state index is 0.0322. The highest BCUT2D eigenvalue weighted by Crippen LogP contribution is 2.62. The number of nitrogens with zero attached hydrogens (tertiary/aromatic N) is 2. The van der Waals surface area contributed by atoms with Gasteiger partial charge in [0, 0.05) is 21.2 Å². The van der Waals surface area contributed by atoms with Crippen LogP contribution in [-0.2, 0) is 13.6 Å². The van der Waals surface area contributed by atoms with Crippen molar-refractivity contribution in [1.82, 2.24) is 9.78 Å². The smallest absolute Gasteiger partial charge is 0.307 e. The second kappa shape index (κ2) is 10.0. The van der Waals surface area contributed by atoms with E-state index >= 15 is 4.39 Å². The van der Waals surface area contributed by atoms with Crippen LogP contribution in [0.15, 0.2) is 42.5 Å². The Morgan fingerprint density at radius 3 is 2.16 bits per heavy atom. The molecule has 0 saturated carbocycles. The van der Waals surface area contributed by atoms with Gasteiger partial charge in [0.05, 0.1) is 29.6 Å². The maximum absolute atomic E-state index is 15.6. The Balaban J connectivity index is 2.25. The van der Waals surface area contributed by atoms with Crippen molar-refractivity contribution in [2.24, 2.45) is 0 Å². The van der Waals surface area contributed by atoms with Gasteiger partial charge in [0.15, 0.2) is 0 Å². The minimum Gasteiger partial charge on any atom is -0.307 e. The summed E-state index contributed by atoms with van der Waals surface area (Å²) in [4.78, 5) is 0. The number of halogens is 4. The van der Waals surface area contributed by atoms with Crippen LogP contribution in [0.3, 0.4) is 0 Å². The summed E-state index contributed by atoms with van der Waals surface area (Å²) in [5.74, 6) is -2.08. The van der Waals surface area contributed by atoms with E-state index in [0.29, 0.717) is 32.0 Å². The van der Waals surface area contributed by atoms with Gasteiger partial charge in [0.2, 0.25) is 5.91 Å².